The van der Waals surface area contributed by atoms with Crippen molar-refractivity contribution in [2.45, 2.75) is 20.4 Å². The second kappa shape index (κ2) is 10.0. The van der Waals surface area contributed by atoms with Crippen molar-refractivity contribution < 1.29 is 14.3 Å². The summed E-state index contributed by atoms with van der Waals surface area (Å²) >= 11 is 3.32. The maximum Gasteiger partial charge on any atom is 0.251 e. The molecule has 0 unspecified atom stereocenters. The van der Waals surface area contributed by atoms with Gasteiger partial charge in [-0.2, -0.15) is 0 Å². The highest BCUT2D eigenvalue weighted by atomic mass is 79.9. The number of carbonyl (C=O) groups is 2. The van der Waals surface area contributed by atoms with Crippen molar-refractivity contribution in [3.63, 3.8) is 0 Å². The number of hydrogen-bond acceptors (Lipinski definition) is 4. The Morgan fingerprint density at radius 2 is 1.87 bits per heavy atom. The number of amides is 2. The lowest BCUT2D eigenvalue weighted by Gasteiger charge is -2.10. The van der Waals surface area contributed by atoms with Crippen LogP contribution in [0.4, 0.5) is 0 Å². The first-order valence-electron chi connectivity index (χ1n) is 9.41. The average Bonchev–Trinajstić information content (AvgIpc) is 2.74. The summed E-state index contributed by atoms with van der Waals surface area (Å²) in [4.78, 5) is 28.4. The summed E-state index contributed by atoms with van der Waals surface area (Å²) in [5.41, 5.74) is 3.46. The number of nitrogens with one attached hydrogen (secondary N) is 2. The van der Waals surface area contributed by atoms with Gasteiger partial charge in [0.2, 0.25) is 11.8 Å². The average molecular weight is 468 g/mol. The molecule has 0 saturated carbocycles. The molecule has 0 aliphatic heterocycles. The van der Waals surface area contributed by atoms with Gasteiger partial charge in [0.25, 0.3) is 5.91 Å². The molecular formula is C23H22BrN3O3. The Bertz CT molecular complexity index is 1050. The molecule has 0 aliphatic rings. The number of pyridine rings is 1. The van der Waals surface area contributed by atoms with E-state index in [1.807, 2.05) is 44.2 Å². The smallest absolute Gasteiger partial charge is 0.251 e. The molecule has 6 nitrogen and oxygen atoms in total. The van der Waals surface area contributed by atoms with Crippen molar-refractivity contribution in [3.05, 3.63) is 87.5 Å². The molecule has 0 radical (unpaired) electrons. The summed E-state index contributed by atoms with van der Waals surface area (Å²) in [5, 5.41) is 5.36. The van der Waals surface area contributed by atoms with E-state index in [0.29, 0.717) is 18.0 Å². The molecule has 0 bridgehead atoms. The van der Waals surface area contributed by atoms with Gasteiger partial charge in [-0.05, 0) is 54.8 Å². The Labute approximate surface area is 183 Å². The molecule has 1 heterocycles. The normalized spacial score (nSPS) is 10.4. The molecular weight excluding hydrogens is 446 g/mol. The highest BCUT2D eigenvalue weighted by molar-refractivity contribution is 9.10. The Kier molecular flexibility index (Phi) is 7.19. The fraction of sp³-hybridized carbons (Fsp3) is 0.174. The van der Waals surface area contributed by atoms with E-state index in [0.717, 1.165) is 26.9 Å². The van der Waals surface area contributed by atoms with Gasteiger partial charge in [-0.1, -0.05) is 40.2 Å². The number of aromatic nitrogens is 1. The lowest BCUT2D eigenvalue weighted by molar-refractivity contribution is -0.120. The maximum absolute atomic E-state index is 12.1. The SMILES string of the molecule is Cc1ccc(C)c(Oc2ccc(CNC(=O)CNC(=O)c3cccc(Br)c3)cn2)c1. The third-order valence-corrected chi connectivity index (χ3v) is 4.84. The summed E-state index contributed by atoms with van der Waals surface area (Å²) in [5.74, 6) is 0.667. The van der Waals surface area contributed by atoms with Crippen LogP contribution >= 0.6 is 15.9 Å². The first-order valence-corrected chi connectivity index (χ1v) is 10.2. The van der Waals surface area contributed by atoms with Gasteiger partial charge in [-0.15, -0.1) is 0 Å². The maximum atomic E-state index is 12.1. The molecule has 2 aromatic carbocycles. The Morgan fingerprint density at radius 1 is 1.03 bits per heavy atom. The van der Waals surface area contributed by atoms with E-state index in [9.17, 15) is 9.59 Å². The number of halogens is 1. The van der Waals surface area contributed by atoms with Crippen LogP contribution < -0.4 is 15.4 Å². The van der Waals surface area contributed by atoms with Gasteiger partial charge in [0, 0.05) is 28.8 Å². The lowest BCUT2D eigenvalue weighted by atomic mass is 10.1. The fourth-order valence-electron chi connectivity index (χ4n) is 2.66. The van der Waals surface area contributed by atoms with Gasteiger partial charge in [-0.25, -0.2) is 4.98 Å². The molecule has 2 amide bonds. The molecule has 3 aromatic rings. The van der Waals surface area contributed by atoms with Crippen LogP contribution in [0.5, 0.6) is 11.6 Å². The number of ether oxygens (including phenoxy) is 1. The molecule has 2 N–H and O–H groups in total. The van der Waals surface area contributed by atoms with Crippen molar-refractivity contribution >= 4 is 27.7 Å². The van der Waals surface area contributed by atoms with Crippen LogP contribution in [-0.2, 0) is 11.3 Å². The van der Waals surface area contributed by atoms with E-state index in [4.69, 9.17) is 4.74 Å². The fourth-order valence-corrected chi connectivity index (χ4v) is 3.06. The van der Waals surface area contributed by atoms with Crippen molar-refractivity contribution in [1.29, 1.82) is 0 Å². The molecule has 30 heavy (non-hydrogen) atoms. The zero-order valence-corrected chi connectivity index (χ0v) is 18.3. The molecule has 0 saturated heterocycles. The summed E-state index contributed by atoms with van der Waals surface area (Å²) in [7, 11) is 0. The molecule has 154 valence electrons. The Balaban J connectivity index is 1.47. The van der Waals surface area contributed by atoms with E-state index < -0.39 is 0 Å². The molecule has 1 aromatic heterocycles. The quantitative estimate of drug-likeness (QED) is 0.542. The molecule has 3 rings (SSSR count). The minimum Gasteiger partial charge on any atom is -0.439 e. The number of rotatable bonds is 7. The minimum atomic E-state index is -0.305. The molecule has 7 heteroatoms. The highest BCUT2D eigenvalue weighted by Gasteiger charge is 2.09. The second-order valence-corrected chi connectivity index (χ2v) is 7.76. The van der Waals surface area contributed by atoms with Crippen molar-refractivity contribution in [2.24, 2.45) is 0 Å². The molecule has 0 atom stereocenters. The number of benzene rings is 2. The highest BCUT2D eigenvalue weighted by Crippen LogP contribution is 2.24. The van der Waals surface area contributed by atoms with Crippen LogP contribution in [0.2, 0.25) is 0 Å². The van der Waals surface area contributed by atoms with E-state index in [-0.39, 0.29) is 18.4 Å². The van der Waals surface area contributed by atoms with Crippen molar-refractivity contribution in [3.8, 4) is 11.6 Å². The summed E-state index contributed by atoms with van der Waals surface area (Å²) < 4.78 is 6.64. The Hall–Kier alpha value is -3.19. The molecule has 0 aliphatic carbocycles. The van der Waals surface area contributed by atoms with Gasteiger partial charge in [0.1, 0.15) is 5.75 Å². The van der Waals surface area contributed by atoms with Crippen LogP contribution in [-0.4, -0.2) is 23.3 Å². The van der Waals surface area contributed by atoms with Crippen LogP contribution in [0.1, 0.15) is 27.0 Å². The summed E-state index contributed by atoms with van der Waals surface area (Å²) in [6, 6.07) is 16.6. The van der Waals surface area contributed by atoms with Crippen LogP contribution in [0.25, 0.3) is 0 Å². The van der Waals surface area contributed by atoms with E-state index in [1.54, 1.807) is 30.5 Å². The van der Waals surface area contributed by atoms with E-state index in [1.165, 1.54) is 0 Å². The van der Waals surface area contributed by atoms with E-state index >= 15 is 0 Å². The number of hydrogen-bond donors (Lipinski definition) is 2. The van der Waals surface area contributed by atoms with Crippen molar-refractivity contribution in [2.75, 3.05) is 6.54 Å². The number of nitrogens with zero attached hydrogens (tertiary/aromatic N) is 1. The van der Waals surface area contributed by atoms with E-state index in [2.05, 4.69) is 31.5 Å². The van der Waals surface area contributed by atoms with Gasteiger partial charge < -0.3 is 15.4 Å². The molecule has 0 spiro atoms. The number of aryl methyl sites for hydroxylation is 2. The summed E-state index contributed by atoms with van der Waals surface area (Å²) in [6.45, 7) is 4.19. The van der Waals surface area contributed by atoms with Crippen LogP contribution in [0, 0.1) is 13.8 Å². The molecule has 0 fully saturated rings. The lowest BCUT2D eigenvalue weighted by Crippen LogP contribution is -2.36. The first kappa shape index (κ1) is 21.5. The zero-order chi connectivity index (χ0) is 21.5. The van der Waals surface area contributed by atoms with Crippen molar-refractivity contribution in [1.82, 2.24) is 15.6 Å². The Morgan fingerprint density at radius 3 is 2.60 bits per heavy atom. The standard InChI is InChI=1S/C23H22BrN3O3/c1-15-6-7-16(2)20(10-15)30-22-9-8-17(13-26-22)12-25-21(28)14-27-23(29)18-4-3-5-19(24)11-18/h3-11,13H,12,14H2,1-2H3,(H,25,28)(H,27,29). The summed E-state index contributed by atoms with van der Waals surface area (Å²) in [6.07, 6.45) is 1.65. The number of carbonyl (C=O) groups excluding carboxylic acids is 2. The largest absolute Gasteiger partial charge is 0.439 e. The zero-order valence-electron chi connectivity index (χ0n) is 16.7. The predicted molar refractivity (Wildman–Crippen MR) is 119 cm³/mol. The topological polar surface area (TPSA) is 80.3 Å². The van der Waals surface area contributed by atoms with Gasteiger partial charge in [0.05, 0.1) is 6.54 Å². The van der Waals surface area contributed by atoms with Gasteiger partial charge in [0.15, 0.2) is 0 Å². The first-order chi connectivity index (χ1) is 14.4. The van der Waals surface area contributed by atoms with Gasteiger partial charge in [-0.3, -0.25) is 9.59 Å². The van der Waals surface area contributed by atoms with Crippen LogP contribution in [0.15, 0.2) is 65.3 Å². The second-order valence-electron chi connectivity index (χ2n) is 6.85. The minimum absolute atomic E-state index is 0.105. The van der Waals surface area contributed by atoms with Crippen LogP contribution in [0.3, 0.4) is 0 Å². The third-order valence-electron chi connectivity index (χ3n) is 4.34. The van der Waals surface area contributed by atoms with Gasteiger partial charge >= 0.3 is 0 Å². The predicted octanol–water partition coefficient (Wildman–Crippen LogP) is 4.30. The third kappa shape index (κ3) is 6.15. The monoisotopic (exact) mass is 467 g/mol.